The second-order valence-corrected chi connectivity index (χ2v) is 9.26. The predicted octanol–water partition coefficient (Wildman–Crippen LogP) is 3.33. The van der Waals surface area contributed by atoms with E-state index in [1.54, 1.807) is 25.1 Å². The average molecular weight is 604 g/mol. The van der Waals surface area contributed by atoms with Crippen molar-refractivity contribution in [3.63, 3.8) is 0 Å². The van der Waals surface area contributed by atoms with Crippen LogP contribution in [-0.4, -0.2) is 90.8 Å². The fourth-order valence-electron chi connectivity index (χ4n) is 4.31. The van der Waals surface area contributed by atoms with E-state index in [0.717, 1.165) is 13.1 Å². The molecule has 228 valence electrons. The standard InChI is InChI=1S/C27H28F3N7O6/c1-15-17-13-21(39-2)22(40-3)14-20(17)34-25(32-15)36-26-33-19-5-4-16(42-9-6-31-37-7-10-41-11-8-37)12-18(19)23(35-26)43-24(38)27(28,29)30/h4-5,12-14,31H,6-11H2,1-3H3,(H,32,33,34,35,36). The first-order chi connectivity index (χ1) is 20.6. The van der Waals surface area contributed by atoms with Crippen LogP contribution in [-0.2, 0) is 9.53 Å². The Bertz CT molecular complexity index is 1630. The predicted molar refractivity (Wildman–Crippen MR) is 148 cm³/mol. The van der Waals surface area contributed by atoms with Gasteiger partial charge in [-0.05, 0) is 31.2 Å². The molecule has 4 aromatic rings. The van der Waals surface area contributed by atoms with Crippen molar-refractivity contribution < 1.29 is 41.7 Å². The SMILES string of the molecule is COc1cc2nc(Nc3nc(OC(=O)C(F)(F)F)c4cc(OCCNN5CCOCC5)ccc4n3)nc(C)c2cc1OC. The Balaban J connectivity index is 1.42. The summed E-state index contributed by atoms with van der Waals surface area (Å²) in [5.41, 5.74) is 4.48. The molecular formula is C27H28F3N7O6. The number of benzene rings is 2. The van der Waals surface area contributed by atoms with Gasteiger partial charge in [-0.2, -0.15) is 18.2 Å². The molecule has 0 amide bonds. The van der Waals surface area contributed by atoms with Crippen LogP contribution in [0.3, 0.4) is 0 Å². The lowest BCUT2D eigenvalue weighted by Gasteiger charge is -2.27. The molecule has 0 aliphatic carbocycles. The van der Waals surface area contributed by atoms with E-state index in [-0.39, 0.29) is 29.4 Å². The second-order valence-electron chi connectivity index (χ2n) is 9.26. The molecule has 0 unspecified atom stereocenters. The number of hydrogen-bond acceptors (Lipinski definition) is 13. The first-order valence-electron chi connectivity index (χ1n) is 13.1. The first-order valence-corrected chi connectivity index (χ1v) is 13.1. The third kappa shape index (κ3) is 7.10. The molecule has 2 aromatic carbocycles. The van der Waals surface area contributed by atoms with Crippen molar-refractivity contribution in [2.75, 3.05) is 59.0 Å². The summed E-state index contributed by atoms with van der Waals surface area (Å²) in [6.07, 6.45) is -5.25. The number of aryl methyl sites for hydroxylation is 1. The Morgan fingerprint density at radius 2 is 1.65 bits per heavy atom. The Morgan fingerprint density at radius 1 is 0.953 bits per heavy atom. The van der Waals surface area contributed by atoms with Crippen LogP contribution in [0, 0.1) is 6.92 Å². The number of halogens is 3. The fourth-order valence-corrected chi connectivity index (χ4v) is 4.31. The number of methoxy groups -OCH3 is 2. The van der Waals surface area contributed by atoms with E-state index in [2.05, 4.69) is 35.4 Å². The fraction of sp³-hybridized carbons (Fsp3) is 0.370. The summed E-state index contributed by atoms with van der Waals surface area (Å²) >= 11 is 0. The molecule has 1 saturated heterocycles. The van der Waals surface area contributed by atoms with Gasteiger partial charge in [0.1, 0.15) is 12.4 Å². The minimum atomic E-state index is -5.25. The van der Waals surface area contributed by atoms with Crippen LogP contribution in [0.5, 0.6) is 23.1 Å². The Morgan fingerprint density at radius 3 is 2.37 bits per heavy atom. The molecule has 0 atom stereocenters. The lowest BCUT2D eigenvalue weighted by atomic mass is 10.1. The van der Waals surface area contributed by atoms with Gasteiger partial charge in [0.25, 0.3) is 0 Å². The number of fused-ring (bicyclic) bond motifs is 2. The minimum Gasteiger partial charge on any atom is -0.493 e. The molecule has 0 radical (unpaired) electrons. The van der Waals surface area contributed by atoms with Gasteiger partial charge in [0.15, 0.2) is 11.5 Å². The summed E-state index contributed by atoms with van der Waals surface area (Å²) in [6, 6.07) is 7.90. The summed E-state index contributed by atoms with van der Waals surface area (Å²) in [6.45, 7) is 5.23. The molecule has 2 N–H and O–H groups in total. The molecule has 0 bridgehead atoms. The van der Waals surface area contributed by atoms with Crippen LogP contribution >= 0.6 is 0 Å². The number of ether oxygens (including phenoxy) is 5. The normalized spacial score (nSPS) is 14.1. The minimum absolute atomic E-state index is 0.0363. The third-order valence-corrected chi connectivity index (χ3v) is 6.39. The first kappa shape index (κ1) is 29.9. The summed E-state index contributed by atoms with van der Waals surface area (Å²) in [5.74, 6) is -1.93. The van der Waals surface area contributed by atoms with Crippen LogP contribution in [0.2, 0.25) is 0 Å². The molecule has 13 nitrogen and oxygen atoms in total. The zero-order chi connectivity index (χ0) is 30.6. The smallest absolute Gasteiger partial charge is 0.491 e. The molecule has 0 saturated carbocycles. The third-order valence-electron chi connectivity index (χ3n) is 6.39. The van der Waals surface area contributed by atoms with Gasteiger partial charge in [0, 0.05) is 31.1 Å². The molecule has 43 heavy (non-hydrogen) atoms. The van der Waals surface area contributed by atoms with E-state index in [4.69, 9.17) is 18.9 Å². The van der Waals surface area contributed by atoms with Crippen molar-refractivity contribution in [3.8, 4) is 23.1 Å². The van der Waals surface area contributed by atoms with Gasteiger partial charge in [0.05, 0.1) is 49.5 Å². The number of morpholine rings is 1. The van der Waals surface area contributed by atoms with Crippen molar-refractivity contribution in [2.45, 2.75) is 13.1 Å². The van der Waals surface area contributed by atoms with Crippen molar-refractivity contribution in [2.24, 2.45) is 0 Å². The number of carbonyl (C=O) groups is 1. The van der Waals surface area contributed by atoms with E-state index in [0.29, 0.717) is 53.6 Å². The highest BCUT2D eigenvalue weighted by Crippen LogP contribution is 2.34. The van der Waals surface area contributed by atoms with Crippen molar-refractivity contribution >= 4 is 39.7 Å². The van der Waals surface area contributed by atoms with Crippen molar-refractivity contribution in [3.05, 3.63) is 36.0 Å². The van der Waals surface area contributed by atoms with Gasteiger partial charge in [-0.1, -0.05) is 0 Å². The maximum Gasteiger partial charge on any atom is 0.491 e. The van der Waals surface area contributed by atoms with Gasteiger partial charge in [-0.15, -0.1) is 0 Å². The number of alkyl halides is 3. The quantitative estimate of drug-likeness (QED) is 0.202. The number of rotatable bonds is 10. The highest BCUT2D eigenvalue weighted by Gasteiger charge is 2.42. The van der Waals surface area contributed by atoms with Gasteiger partial charge in [-0.25, -0.2) is 24.8 Å². The number of anilines is 2. The van der Waals surface area contributed by atoms with Gasteiger partial charge in [-0.3, -0.25) is 10.7 Å². The number of carbonyl (C=O) groups excluding carboxylic acids is 1. The molecule has 1 aliphatic rings. The zero-order valence-corrected chi connectivity index (χ0v) is 23.4. The van der Waals surface area contributed by atoms with E-state index < -0.39 is 18.0 Å². The maximum absolute atomic E-state index is 13.1. The summed E-state index contributed by atoms with van der Waals surface area (Å²) in [5, 5.41) is 5.53. The van der Waals surface area contributed by atoms with Gasteiger partial charge in [0.2, 0.25) is 17.8 Å². The molecule has 2 aromatic heterocycles. The number of aromatic nitrogens is 4. The number of hydrogen-bond donors (Lipinski definition) is 2. The highest BCUT2D eigenvalue weighted by molar-refractivity contribution is 5.90. The lowest BCUT2D eigenvalue weighted by Crippen LogP contribution is -2.46. The summed E-state index contributed by atoms with van der Waals surface area (Å²) in [7, 11) is 3.00. The largest absolute Gasteiger partial charge is 0.493 e. The van der Waals surface area contributed by atoms with Crippen molar-refractivity contribution in [1.82, 2.24) is 30.4 Å². The lowest BCUT2D eigenvalue weighted by molar-refractivity contribution is -0.189. The molecule has 0 spiro atoms. The van der Waals surface area contributed by atoms with Crippen LogP contribution in [0.1, 0.15) is 5.69 Å². The number of esters is 1. The molecule has 5 rings (SSSR count). The van der Waals surface area contributed by atoms with E-state index in [9.17, 15) is 18.0 Å². The Hall–Kier alpha value is -4.54. The van der Waals surface area contributed by atoms with E-state index in [1.165, 1.54) is 26.4 Å². The summed E-state index contributed by atoms with van der Waals surface area (Å²) < 4.78 is 65.8. The second kappa shape index (κ2) is 12.8. The molecular weight excluding hydrogens is 575 g/mol. The number of nitrogens with one attached hydrogen (secondary N) is 2. The monoisotopic (exact) mass is 603 g/mol. The molecule has 1 fully saturated rings. The van der Waals surface area contributed by atoms with Crippen LogP contribution in [0.4, 0.5) is 25.1 Å². The van der Waals surface area contributed by atoms with E-state index in [1.807, 2.05) is 5.01 Å². The van der Waals surface area contributed by atoms with Crippen LogP contribution in [0.25, 0.3) is 21.8 Å². The van der Waals surface area contributed by atoms with Gasteiger partial charge >= 0.3 is 12.1 Å². The van der Waals surface area contributed by atoms with E-state index >= 15 is 0 Å². The van der Waals surface area contributed by atoms with Crippen LogP contribution in [0.15, 0.2) is 30.3 Å². The average Bonchev–Trinajstić information content (AvgIpc) is 2.99. The maximum atomic E-state index is 13.1. The van der Waals surface area contributed by atoms with Crippen LogP contribution < -0.4 is 29.7 Å². The Labute approximate surface area is 243 Å². The number of nitrogens with zero attached hydrogens (tertiary/aromatic N) is 5. The number of hydrazine groups is 1. The van der Waals surface area contributed by atoms with Gasteiger partial charge < -0.3 is 23.7 Å². The highest BCUT2D eigenvalue weighted by atomic mass is 19.4. The molecule has 16 heteroatoms. The summed E-state index contributed by atoms with van der Waals surface area (Å²) in [4.78, 5) is 29.0. The topological polar surface area (TPSA) is 142 Å². The van der Waals surface area contributed by atoms with Crippen molar-refractivity contribution in [1.29, 1.82) is 0 Å². The Kier molecular flexibility index (Phi) is 8.89. The molecule has 3 heterocycles. The zero-order valence-electron chi connectivity index (χ0n) is 23.4. The molecule has 1 aliphatic heterocycles.